The summed E-state index contributed by atoms with van der Waals surface area (Å²) in [5, 5.41) is 10.1. The van der Waals surface area contributed by atoms with E-state index < -0.39 is 0 Å². The molecule has 3 nitrogen and oxygen atoms in total. The van der Waals surface area contributed by atoms with Crippen LogP contribution in [0.1, 0.15) is 17.3 Å². The predicted octanol–water partition coefficient (Wildman–Crippen LogP) is 2.77. The number of rotatable bonds is 6. The van der Waals surface area contributed by atoms with Crippen molar-refractivity contribution < 1.29 is 14.6 Å². The Morgan fingerprint density at radius 3 is 2.84 bits per heavy atom. The van der Waals surface area contributed by atoms with Crippen LogP contribution in [0.4, 0.5) is 0 Å². The number of benzene rings is 1. The third-order valence-electron chi connectivity index (χ3n) is 2.43. The summed E-state index contributed by atoms with van der Waals surface area (Å²) in [5.74, 6) is 0.513. The van der Waals surface area contributed by atoms with E-state index in [0.717, 1.165) is 5.57 Å². The summed E-state index contributed by atoms with van der Waals surface area (Å²) in [5.41, 5.74) is 1.26. The lowest BCUT2D eigenvalue weighted by Gasteiger charge is -2.11. The average Bonchev–Trinajstić information content (AvgIpc) is 2.39. The number of aldehydes is 1. The van der Waals surface area contributed by atoms with E-state index in [4.69, 9.17) is 4.74 Å². The van der Waals surface area contributed by atoms with Gasteiger partial charge in [0.15, 0.2) is 6.29 Å². The van der Waals surface area contributed by atoms with Crippen LogP contribution < -0.4 is 10.0 Å². The van der Waals surface area contributed by atoms with Crippen LogP contribution in [0, 0.1) is 0 Å². The molecule has 0 amide bonds. The van der Waals surface area contributed by atoms with Gasteiger partial charge in [0.05, 0.1) is 5.56 Å². The Bertz CT molecular complexity index is 530. The molecule has 0 aliphatic heterocycles. The Labute approximate surface area is 115 Å². The second-order valence-electron chi connectivity index (χ2n) is 3.95. The molecule has 0 aromatic heterocycles. The molecule has 19 heavy (non-hydrogen) atoms. The van der Waals surface area contributed by atoms with Crippen molar-refractivity contribution in [3.05, 3.63) is 54.2 Å². The summed E-state index contributed by atoms with van der Waals surface area (Å²) < 4.78 is 5.61. The first-order valence-electron chi connectivity index (χ1n) is 5.74. The van der Waals surface area contributed by atoms with Gasteiger partial charge in [-0.15, -0.1) is 9.24 Å². The van der Waals surface area contributed by atoms with Crippen molar-refractivity contribution in [3.8, 4) is 11.5 Å². The fourth-order valence-electron chi connectivity index (χ4n) is 1.39. The van der Waals surface area contributed by atoms with E-state index in [2.05, 4.69) is 15.8 Å². The molecule has 0 heterocycles. The smallest absolute Gasteiger partial charge is 0.154 e. The Balaban J connectivity index is 2.79. The first kappa shape index (κ1) is 15.2. The molecule has 1 aromatic carbocycles. The normalized spacial score (nSPS) is 11.6. The van der Waals surface area contributed by atoms with Crippen LogP contribution in [0.5, 0.6) is 11.5 Å². The minimum Gasteiger partial charge on any atom is -0.507 e. The third-order valence-corrected chi connectivity index (χ3v) is 3.02. The van der Waals surface area contributed by atoms with E-state index in [1.54, 1.807) is 12.1 Å². The highest BCUT2D eigenvalue weighted by Gasteiger charge is 2.09. The summed E-state index contributed by atoms with van der Waals surface area (Å²) in [4.78, 5) is 10.9. The average molecular weight is 276 g/mol. The number of allylic oxidation sites excluding steroid dienone is 4. The molecule has 0 aliphatic carbocycles. The number of carbonyl (C=O) groups excluding carboxylic acids is 1. The number of phenolic OH excluding ortho intramolecular Hbond substituents is 1. The van der Waals surface area contributed by atoms with E-state index in [0.29, 0.717) is 23.9 Å². The zero-order chi connectivity index (χ0) is 14.3. The van der Waals surface area contributed by atoms with E-state index >= 15 is 0 Å². The minimum absolute atomic E-state index is 0.0477. The number of hydrogen-bond acceptors (Lipinski definition) is 3. The molecule has 0 fully saturated rings. The zero-order valence-electron chi connectivity index (χ0n) is 10.8. The highest BCUT2D eigenvalue weighted by atomic mass is 31.0. The molecular weight excluding hydrogens is 259 g/mol. The van der Waals surface area contributed by atoms with Crippen molar-refractivity contribution >= 4 is 20.8 Å². The molecule has 1 unspecified atom stereocenters. The SMILES string of the molecule is C=C/C=C\C=C(/C)COc1ccc(O)c(C=O)c1P. The fourth-order valence-corrected chi connectivity index (χ4v) is 1.79. The van der Waals surface area contributed by atoms with Gasteiger partial charge in [-0.3, -0.25) is 4.79 Å². The van der Waals surface area contributed by atoms with Crippen molar-refractivity contribution in [2.24, 2.45) is 0 Å². The maximum absolute atomic E-state index is 10.9. The van der Waals surface area contributed by atoms with Gasteiger partial charge in [0.2, 0.25) is 0 Å². The molecule has 1 rings (SSSR count). The van der Waals surface area contributed by atoms with Gasteiger partial charge >= 0.3 is 0 Å². The number of aromatic hydroxyl groups is 1. The molecule has 1 atom stereocenters. The van der Waals surface area contributed by atoms with E-state index in [-0.39, 0.29) is 11.3 Å². The standard InChI is InChI=1S/C15H17O3P/c1-3-4-5-6-11(2)10-18-14-8-7-13(17)12(9-16)15(14)19/h3-9,17H,1,10,19H2,2H3/b5-4-,11-6+. The molecule has 1 aromatic rings. The molecule has 1 N–H and O–H groups in total. The fraction of sp³-hybridized carbons (Fsp3) is 0.133. The van der Waals surface area contributed by atoms with Gasteiger partial charge in [-0.1, -0.05) is 30.9 Å². The first-order chi connectivity index (χ1) is 9.10. The molecular formula is C15H17O3P. The van der Waals surface area contributed by atoms with Gasteiger partial charge in [-0.05, 0) is 24.6 Å². The van der Waals surface area contributed by atoms with Gasteiger partial charge in [0.25, 0.3) is 0 Å². The first-order valence-corrected chi connectivity index (χ1v) is 6.32. The highest BCUT2D eigenvalue weighted by Crippen LogP contribution is 2.22. The minimum atomic E-state index is -0.0477. The topological polar surface area (TPSA) is 46.5 Å². The Hall–Kier alpha value is -1.86. The second kappa shape index (κ2) is 7.55. The van der Waals surface area contributed by atoms with Crippen molar-refractivity contribution in [3.63, 3.8) is 0 Å². The van der Waals surface area contributed by atoms with Gasteiger partial charge in [-0.2, -0.15) is 0 Å². The Morgan fingerprint density at radius 2 is 2.21 bits per heavy atom. The monoisotopic (exact) mass is 276 g/mol. The molecule has 0 spiro atoms. The summed E-state index contributed by atoms with van der Waals surface area (Å²) in [6, 6.07) is 3.08. The van der Waals surface area contributed by atoms with Gasteiger partial charge in [-0.25, -0.2) is 0 Å². The maximum atomic E-state index is 10.9. The third kappa shape index (κ3) is 4.38. The van der Waals surface area contributed by atoms with Crippen LogP contribution in [0.25, 0.3) is 0 Å². The number of ether oxygens (including phenoxy) is 1. The summed E-state index contributed by atoms with van der Waals surface area (Å²) in [7, 11) is 2.41. The van der Waals surface area contributed by atoms with Crippen LogP contribution in [-0.2, 0) is 0 Å². The maximum Gasteiger partial charge on any atom is 0.154 e. The molecule has 0 saturated heterocycles. The van der Waals surface area contributed by atoms with Crippen LogP contribution in [-0.4, -0.2) is 18.0 Å². The molecule has 0 aliphatic rings. The van der Waals surface area contributed by atoms with Gasteiger partial charge in [0.1, 0.15) is 18.1 Å². The van der Waals surface area contributed by atoms with Gasteiger partial charge in [0, 0.05) is 5.30 Å². The quantitative estimate of drug-likeness (QED) is 0.493. The number of hydrogen-bond donors (Lipinski definition) is 1. The Kier molecular flexibility index (Phi) is 6.04. The highest BCUT2D eigenvalue weighted by molar-refractivity contribution is 7.28. The molecule has 0 saturated carbocycles. The van der Waals surface area contributed by atoms with Crippen molar-refractivity contribution in [2.75, 3.05) is 6.61 Å². The summed E-state index contributed by atoms with van der Waals surface area (Å²) in [6.45, 7) is 5.93. The molecule has 4 heteroatoms. The van der Waals surface area contributed by atoms with Gasteiger partial charge < -0.3 is 9.84 Å². The van der Waals surface area contributed by atoms with Crippen molar-refractivity contribution in [2.45, 2.75) is 6.92 Å². The van der Waals surface area contributed by atoms with Crippen LogP contribution in [0.3, 0.4) is 0 Å². The van der Waals surface area contributed by atoms with Crippen LogP contribution >= 0.6 is 9.24 Å². The molecule has 0 bridgehead atoms. The van der Waals surface area contributed by atoms with Crippen LogP contribution in [0.15, 0.2) is 48.6 Å². The Morgan fingerprint density at radius 1 is 1.47 bits per heavy atom. The van der Waals surface area contributed by atoms with Crippen molar-refractivity contribution in [1.82, 2.24) is 0 Å². The lowest BCUT2D eigenvalue weighted by Crippen LogP contribution is -2.09. The summed E-state index contributed by atoms with van der Waals surface area (Å²) in [6.07, 6.45) is 7.93. The number of carbonyl (C=O) groups is 1. The van der Waals surface area contributed by atoms with Crippen molar-refractivity contribution in [1.29, 1.82) is 0 Å². The predicted molar refractivity (Wildman–Crippen MR) is 81.4 cm³/mol. The number of phenols is 1. The van der Waals surface area contributed by atoms with E-state index in [9.17, 15) is 9.90 Å². The summed E-state index contributed by atoms with van der Waals surface area (Å²) >= 11 is 0. The van der Waals surface area contributed by atoms with E-state index in [1.165, 1.54) is 6.07 Å². The lowest BCUT2D eigenvalue weighted by atomic mass is 10.2. The molecule has 0 radical (unpaired) electrons. The van der Waals surface area contributed by atoms with E-state index in [1.807, 2.05) is 25.2 Å². The lowest BCUT2D eigenvalue weighted by molar-refractivity contribution is 0.112. The zero-order valence-corrected chi connectivity index (χ0v) is 12.0. The van der Waals surface area contributed by atoms with Crippen LogP contribution in [0.2, 0.25) is 0 Å². The molecule has 100 valence electrons. The second-order valence-corrected chi connectivity index (χ2v) is 4.53. The largest absolute Gasteiger partial charge is 0.507 e.